The SMILES string of the molecule is CCN(CC)C(=O)C[C@]1(O)CCC[C@H](C)[C@@H](C)S(=O)(=O)NC(=O)c2ccc3c(c2)N(CCCCc2cc(Cl)ccc2CO3)C[C@@H]2CC[C@H]21. The predicted molar refractivity (Wildman–Crippen MR) is 190 cm³/mol. The van der Waals surface area contributed by atoms with Crippen LogP contribution >= 0.6 is 11.6 Å². The van der Waals surface area contributed by atoms with Crippen LogP contribution in [0.4, 0.5) is 5.69 Å². The lowest BCUT2D eigenvalue weighted by atomic mass is 9.62. The Hall–Kier alpha value is -2.82. The van der Waals surface area contributed by atoms with Gasteiger partial charge in [0.25, 0.3) is 5.91 Å². The van der Waals surface area contributed by atoms with E-state index in [0.29, 0.717) is 62.8 Å². The first-order chi connectivity index (χ1) is 22.8. The number of amides is 2. The molecule has 1 fully saturated rings. The van der Waals surface area contributed by atoms with Crippen LogP contribution in [0.1, 0.15) is 101 Å². The monoisotopic (exact) mass is 701 g/mol. The summed E-state index contributed by atoms with van der Waals surface area (Å²) >= 11 is 6.35. The van der Waals surface area contributed by atoms with Crippen molar-refractivity contribution in [3.63, 3.8) is 0 Å². The van der Waals surface area contributed by atoms with E-state index in [1.165, 1.54) is 0 Å². The highest BCUT2D eigenvalue weighted by atomic mass is 35.5. The van der Waals surface area contributed by atoms with Gasteiger partial charge in [-0.15, -0.1) is 0 Å². The highest BCUT2D eigenvalue weighted by molar-refractivity contribution is 7.90. The number of hydrogen-bond donors (Lipinski definition) is 2. The van der Waals surface area contributed by atoms with E-state index in [-0.39, 0.29) is 35.6 Å². The largest absolute Gasteiger partial charge is 0.487 e. The summed E-state index contributed by atoms with van der Waals surface area (Å²) in [7, 11) is -3.99. The highest BCUT2D eigenvalue weighted by Crippen LogP contribution is 2.47. The topological polar surface area (TPSA) is 116 Å². The van der Waals surface area contributed by atoms with Crippen LogP contribution in [-0.4, -0.2) is 67.3 Å². The zero-order valence-corrected chi connectivity index (χ0v) is 30.4. The van der Waals surface area contributed by atoms with Crippen LogP contribution in [0.2, 0.25) is 5.02 Å². The Labute approximate surface area is 291 Å². The number of nitrogens with zero attached hydrogens (tertiary/aromatic N) is 2. The number of aryl methyl sites for hydroxylation is 1. The number of carbonyl (C=O) groups is 2. The minimum atomic E-state index is -3.99. The van der Waals surface area contributed by atoms with E-state index in [4.69, 9.17) is 16.3 Å². The summed E-state index contributed by atoms with van der Waals surface area (Å²) in [5, 5.41) is 12.3. The van der Waals surface area contributed by atoms with Crippen LogP contribution in [0.3, 0.4) is 0 Å². The first-order valence-electron chi connectivity index (χ1n) is 17.7. The Bertz CT molecular complexity index is 1580. The predicted octanol–water partition coefficient (Wildman–Crippen LogP) is 6.35. The van der Waals surface area contributed by atoms with Crippen molar-refractivity contribution in [3.05, 3.63) is 58.1 Å². The quantitative estimate of drug-likeness (QED) is 0.382. The number of fused-ring (bicyclic) bond motifs is 3. The van der Waals surface area contributed by atoms with Crippen molar-refractivity contribution in [2.75, 3.05) is 31.1 Å². The molecule has 2 amide bonds. The second-order valence-corrected chi connectivity index (χ2v) is 16.6. The molecule has 9 nitrogen and oxygen atoms in total. The lowest BCUT2D eigenvalue weighted by Crippen LogP contribution is -2.53. The number of carbonyl (C=O) groups excluding carboxylic acids is 2. The van der Waals surface area contributed by atoms with Gasteiger partial charge in [-0.1, -0.05) is 31.0 Å². The second kappa shape index (κ2) is 15.4. The number of anilines is 1. The molecule has 2 N–H and O–H groups in total. The van der Waals surface area contributed by atoms with E-state index in [2.05, 4.69) is 9.62 Å². The first-order valence-corrected chi connectivity index (χ1v) is 19.6. The summed E-state index contributed by atoms with van der Waals surface area (Å²) in [5.41, 5.74) is 1.96. The van der Waals surface area contributed by atoms with Crippen molar-refractivity contribution in [2.45, 2.75) is 103 Å². The van der Waals surface area contributed by atoms with Gasteiger partial charge in [-0.2, -0.15) is 0 Å². The van der Waals surface area contributed by atoms with Crippen LogP contribution in [-0.2, 0) is 27.8 Å². The molecule has 2 aromatic carbocycles. The molecule has 1 aliphatic carbocycles. The third-order valence-corrected chi connectivity index (χ3v) is 13.3. The molecule has 264 valence electrons. The van der Waals surface area contributed by atoms with Gasteiger partial charge in [-0.05, 0) is 125 Å². The van der Waals surface area contributed by atoms with Gasteiger partial charge < -0.3 is 19.6 Å². The van der Waals surface area contributed by atoms with Crippen molar-refractivity contribution in [1.82, 2.24) is 9.62 Å². The molecule has 3 aliphatic rings. The van der Waals surface area contributed by atoms with Gasteiger partial charge in [0.2, 0.25) is 15.9 Å². The normalized spacial score (nSPS) is 28.0. The van der Waals surface area contributed by atoms with Crippen LogP contribution in [0, 0.1) is 17.8 Å². The lowest BCUT2D eigenvalue weighted by molar-refractivity contribution is -0.145. The molecular weight excluding hydrogens is 650 g/mol. The van der Waals surface area contributed by atoms with E-state index in [1.807, 2.05) is 39.0 Å². The van der Waals surface area contributed by atoms with Crippen molar-refractivity contribution >= 4 is 39.1 Å². The van der Waals surface area contributed by atoms with Crippen LogP contribution in [0.15, 0.2) is 36.4 Å². The van der Waals surface area contributed by atoms with Crippen LogP contribution in [0.25, 0.3) is 0 Å². The number of ether oxygens (including phenoxy) is 1. The molecule has 11 heteroatoms. The Morgan fingerprint density at radius 3 is 2.54 bits per heavy atom. The molecule has 48 heavy (non-hydrogen) atoms. The molecule has 2 aromatic rings. The molecule has 0 unspecified atom stereocenters. The minimum Gasteiger partial charge on any atom is -0.487 e. The van der Waals surface area contributed by atoms with Gasteiger partial charge in [0, 0.05) is 36.8 Å². The van der Waals surface area contributed by atoms with Crippen LogP contribution in [0.5, 0.6) is 5.75 Å². The number of rotatable bonds is 4. The smallest absolute Gasteiger partial charge is 0.264 e. The fourth-order valence-electron chi connectivity index (χ4n) is 7.76. The lowest BCUT2D eigenvalue weighted by Gasteiger charge is -2.49. The second-order valence-electron chi connectivity index (χ2n) is 14.1. The maximum absolute atomic E-state index is 13.5. The summed E-state index contributed by atoms with van der Waals surface area (Å²) in [6, 6.07) is 11.0. The summed E-state index contributed by atoms with van der Waals surface area (Å²) in [5.74, 6) is -0.325. The summed E-state index contributed by atoms with van der Waals surface area (Å²) in [4.78, 5) is 30.9. The molecule has 2 heterocycles. The van der Waals surface area contributed by atoms with Gasteiger partial charge in [0.1, 0.15) is 12.4 Å². The van der Waals surface area contributed by atoms with E-state index < -0.39 is 26.8 Å². The number of sulfonamides is 1. The Morgan fingerprint density at radius 1 is 1.06 bits per heavy atom. The Morgan fingerprint density at radius 2 is 1.83 bits per heavy atom. The highest BCUT2D eigenvalue weighted by Gasteiger charge is 2.48. The van der Waals surface area contributed by atoms with Gasteiger partial charge in [0.05, 0.1) is 23.0 Å². The molecule has 5 rings (SSSR count). The number of hydrogen-bond acceptors (Lipinski definition) is 7. The zero-order valence-electron chi connectivity index (χ0n) is 28.8. The van der Waals surface area contributed by atoms with Crippen molar-refractivity contribution in [1.29, 1.82) is 0 Å². The Balaban J connectivity index is 1.55. The minimum absolute atomic E-state index is 0.0486. The average Bonchev–Trinajstić information content (AvgIpc) is 3.05. The fourth-order valence-corrected chi connectivity index (χ4v) is 9.27. The number of halogens is 1. The first kappa shape index (κ1) is 36.5. The van der Waals surface area contributed by atoms with Gasteiger partial charge in [0.15, 0.2) is 0 Å². The van der Waals surface area contributed by atoms with E-state index in [1.54, 1.807) is 30.0 Å². The van der Waals surface area contributed by atoms with Gasteiger partial charge in [-0.25, -0.2) is 13.1 Å². The third kappa shape index (κ3) is 8.13. The summed E-state index contributed by atoms with van der Waals surface area (Å²) in [6.45, 7) is 10.2. The molecule has 2 bridgehead atoms. The number of benzene rings is 2. The van der Waals surface area contributed by atoms with E-state index in [9.17, 15) is 23.1 Å². The fraction of sp³-hybridized carbons (Fsp3) is 0.622. The third-order valence-electron chi connectivity index (χ3n) is 11.2. The maximum atomic E-state index is 13.5. The summed E-state index contributed by atoms with van der Waals surface area (Å²) in [6.07, 6.45) is 5.98. The molecule has 0 aromatic heterocycles. The number of nitrogens with one attached hydrogen (secondary N) is 1. The molecule has 0 saturated heterocycles. The van der Waals surface area contributed by atoms with Crippen LogP contribution < -0.4 is 14.4 Å². The molecule has 5 atom stereocenters. The van der Waals surface area contributed by atoms with Crippen molar-refractivity contribution < 1.29 is 27.9 Å². The average molecular weight is 702 g/mol. The Kier molecular flexibility index (Phi) is 11.7. The number of aliphatic hydroxyl groups is 1. The molecule has 0 spiro atoms. The molecular formula is C37H52ClN3O6S. The molecule has 2 aliphatic heterocycles. The van der Waals surface area contributed by atoms with Crippen molar-refractivity contribution in [2.24, 2.45) is 17.8 Å². The van der Waals surface area contributed by atoms with E-state index >= 15 is 0 Å². The van der Waals surface area contributed by atoms with Gasteiger partial charge >= 0.3 is 0 Å². The van der Waals surface area contributed by atoms with E-state index in [0.717, 1.165) is 48.9 Å². The standard InChI is InChI=1S/C37H52ClN3O6S/c1-5-40(6-2)35(42)22-37(44)18-9-10-25(3)26(4)48(45,46)39-36(43)28-14-17-34-33(21-28)41(23-29-13-16-32(29)37)19-8-7-11-27-20-31(38)15-12-30(27)24-47-34/h12,14-15,17,20-21,25-26,29,32,44H,5-11,13,16,18-19,22-24H2,1-4H3,(H,39,43)/t25-,26+,29-,32+,37+/m0/s1. The van der Waals surface area contributed by atoms with Gasteiger partial charge in [-0.3, -0.25) is 9.59 Å². The van der Waals surface area contributed by atoms with Crippen molar-refractivity contribution in [3.8, 4) is 5.75 Å². The maximum Gasteiger partial charge on any atom is 0.264 e. The zero-order chi connectivity index (χ0) is 34.6. The molecule has 0 radical (unpaired) electrons. The summed E-state index contributed by atoms with van der Waals surface area (Å²) < 4.78 is 35.6. The molecule has 1 saturated carbocycles.